The molecule has 0 bridgehead atoms. The lowest BCUT2D eigenvalue weighted by molar-refractivity contribution is 0.0224. The van der Waals surface area contributed by atoms with E-state index in [1.54, 1.807) is 36.4 Å². The number of aromatic nitrogens is 1. The number of sulfonamides is 1. The zero-order valence-corrected chi connectivity index (χ0v) is 34.2. The molecule has 0 saturated heterocycles. The number of nitrogens with two attached hydrogens (primary N) is 1. The first-order chi connectivity index (χ1) is 27.3. The second-order valence-corrected chi connectivity index (χ2v) is 18.3. The number of rotatable bonds is 16. The van der Waals surface area contributed by atoms with Crippen LogP contribution in [-0.2, 0) is 31.0 Å². The molecule has 0 aliphatic rings. The number of methoxy groups -OCH3 is 2. The fourth-order valence-corrected chi connectivity index (χ4v) is 8.72. The van der Waals surface area contributed by atoms with Gasteiger partial charge in [-0.1, -0.05) is 51.1 Å². The Balaban J connectivity index is 1.36. The van der Waals surface area contributed by atoms with Gasteiger partial charge in [-0.25, -0.2) is 31.8 Å². The van der Waals surface area contributed by atoms with Gasteiger partial charge in [0.2, 0.25) is 10.0 Å². The first kappa shape index (κ1) is 43.6. The molecule has 0 unspecified atom stereocenters. The number of carbonyl (C=O) groups is 1. The summed E-state index contributed by atoms with van der Waals surface area (Å²) in [4.78, 5) is 17.6. The Morgan fingerprint density at radius 3 is 2.09 bits per heavy atom. The van der Waals surface area contributed by atoms with Crippen molar-refractivity contribution in [2.45, 2.75) is 36.8 Å². The molecule has 1 aromatic heterocycles. The monoisotopic (exact) mass is 837 g/mol. The third-order valence-electron chi connectivity index (χ3n) is 9.21. The van der Waals surface area contributed by atoms with Crippen LogP contribution in [0.25, 0.3) is 10.8 Å². The Hall–Kier alpha value is -5.50. The van der Waals surface area contributed by atoms with Gasteiger partial charge >= 0.3 is 6.03 Å². The van der Waals surface area contributed by atoms with Crippen molar-refractivity contribution in [1.29, 1.82) is 0 Å². The molecule has 58 heavy (non-hydrogen) atoms. The molecule has 0 fully saturated rings. The number of amides is 2. The second kappa shape index (κ2) is 17.6. The van der Waals surface area contributed by atoms with E-state index in [-0.39, 0.29) is 22.1 Å². The lowest BCUT2D eigenvalue weighted by Crippen LogP contribution is -2.40. The standard InChI is InChI=1S/C40H47N5O11S2/c1-39(2,3)26-16-25(20-58(41,52)53)37(55-5)32(17-26)45-38(49)44-31-11-12-33(30-9-7-6-8-29(30)31)56-28-14-15-42-36(19-28)43-27-10-13-35(34(18-27)54-4)57(50,51)24-40(21-46,22-47)23-48/h6-19,46-48H,20-24H2,1-5H3,(H,42,43)(H2,41,52,53)(H2,44,45,49). The van der Waals surface area contributed by atoms with E-state index in [0.717, 1.165) is 5.56 Å². The summed E-state index contributed by atoms with van der Waals surface area (Å²) in [6, 6.07) is 21.0. The molecule has 16 nitrogen and oxygen atoms in total. The van der Waals surface area contributed by atoms with Crippen molar-refractivity contribution in [2.24, 2.45) is 10.6 Å². The molecule has 310 valence electrons. The van der Waals surface area contributed by atoms with Crippen LogP contribution in [0.1, 0.15) is 31.9 Å². The minimum atomic E-state index is -4.11. The minimum absolute atomic E-state index is 0.00154. The van der Waals surface area contributed by atoms with Crippen molar-refractivity contribution in [3.63, 3.8) is 0 Å². The SMILES string of the molecule is COc1cc(Nc2cc(Oc3ccc(NC(=O)Nc4cc(C(C)(C)C)cc(CS(N)(=O)=O)c4OC)c4ccccc34)ccn2)ccc1S(=O)(=O)CC(CO)(CO)CO. The molecule has 0 spiro atoms. The molecular weight excluding hydrogens is 791 g/mol. The third-order valence-corrected chi connectivity index (χ3v) is 11.9. The molecule has 18 heteroatoms. The molecule has 0 saturated carbocycles. The number of nitrogens with zero attached hydrogens (tertiary/aromatic N) is 1. The highest BCUT2D eigenvalue weighted by molar-refractivity contribution is 7.91. The van der Waals surface area contributed by atoms with E-state index >= 15 is 0 Å². The van der Waals surface area contributed by atoms with Crippen LogP contribution in [0.3, 0.4) is 0 Å². The molecule has 0 aliphatic carbocycles. The number of primary sulfonamides is 1. The van der Waals surface area contributed by atoms with Crippen LogP contribution < -0.4 is 35.3 Å². The number of carbonyl (C=O) groups excluding carboxylic acids is 1. The fourth-order valence-electron chi connectivity index (χ4n) is 6.11. The smallest absolute Gasteiger partial charge is 0.323 e. The number of ether oxygens (including phenoxy) is 3. The maximum atomic E-state index is 13.5. The van der Waals surface area contributed by atoms with E-state index in [9.17, 15) is 36.9 Å². The van der Waals surface area contributed by atoms with Crippen molar-refractivity contribution >= 4 is 59.5 Å². The molecule has 1 heterocycles. The summed E-state index contributed by atoms with van der Waals surface area (Å²) in [7, 11) is -5.34. The number of nitrogens with one attached hydrogen (secondary N) is 3. The Kier molecular flexibility index (Phi) is 13.2. The summed E-state index contributed by atoms with van der Waals surface area (Å²) < 4.78 is 67.8. The summed E-state index contributed by atoms with van der Waals surface area (Å²) in [6.07, 6.45) is 1.52. The Bertz CT molecular complexity index is 2510. The van der Waals surface area contributed by atoms with Crippen LogP contribution in [-0.4, -0.2) is 83.0 Å². The first-order valence-corrected chi connectivity index (χ1v) is 21.2. The summed E-state index contributed by atoms with van der Waals surface area (Å²) in [5.41, 5.74) is 0.194. The number of urea groups is 1. The summed E-state index contributed by atoms with van der Waals surface area (Å²) in [5, 5.41) is 44.5. The molecule has 0 radical (unpaired) electrons. The van der Waals surface area contributed by atoms with Gasteiger partial charge in [-0.2, -0.15) is 0 Å². The molecule has 5 rings (SSSR count). The highest BCUT2D eigenvalue weighted by atomic mass is 32.2. The maximum absolute atomic E-state index is 13.5. The first-order valence-electron chi connectivity index (χ1n) is 17.8. The molecule has 4 aromatic carbocycles. The number of aliphatic hydroxyl groups is 3. The van der Waals surface area contributed by atoms with Crippen LogP contribution in [0.4, 0.5) is 27.7 Å². The number of pyridine rings is 1. The summed E-state index contributed by atoms with van der Waals surface area (Å²) >= 11 is 0. The van der Waals surface area contributed by atoms with E-state index in [2.05, 4.69) is 20.9 Å². The predicted octanol–water partition coefficient (Wildman–Crippen LogP) is 5.25. The van der Waals surface area contributed by atoms with Gasteiger partial charge in [0.1, 0.15) is 33.7 Å². The van der Waals surface area contributed by atoms with Crippen LogP contribution in [0.5, 0.6) is 23.0 Å². The van der Waals surface area contributed by atoms with Gasteiger partial charge in [0, 0.05) is 40.4 Å². The van der Waals surface area contributed by atoms with Crippen molar-refractivity contribution in [3.05, 3.63) is 96.2 Å². The van der Waals surface area contributed by atoms with Gasteiger partial charge in [0.05, 0.1) is 62.3 Å². The van der Waals surface area contributed by atoms with E-state index in [4.69, 9.17) is 19.3 Å². The number of anilines is 4. The van der Waals surface area contributed by atoms with Crippen molar-refractivity contribution in [1.82, 2.24) is 4.98 Å². The van der Waals surface area contributed by atoms with Crippen molar-refractivity contribution in [3.8, 4) is 23.0 Å². The highest BCUT2D eigenvalue weighted by Gasteiger charge is 2.36. The van der Waals surface area contributed by atoms with E-state index in [1.807, 2.05) is 45.0 Å². The van der Waals surface area contributed by atoms with Gasteiger partial charge in [0.25, 0.3) is 0 Å². The highest BCUT2D eigenvalue weighted by Crippen LogP contribution is 2.38. The average molecular weight is 838 g/mol. The maximum Gasteiger partial charge on any atom is 0.323 e. The second-order valence-electron chi connectivity index (χ2n) is 14.7. The van der Waals surface area contributed by atoms with Gasteiger partial charge in [0.15, 0.2) is 9.84 Å². The zero-order valence-electron chi connectivity index (χ0n) is 32.6. The van der Waals surface area contributed by atoms with Crippen molar-refractivity contribution < 1.29 is 51.2 Å². The van der Waals surface area contributed by atoms with E-state index in [1.165, 1.54) is 38.6 Å². The fraction of sp³-hybridized carbons (Fsp3) is 0.300. The molecule has 8 N–H and O–H groups in total. The zero-order chi connectivity index (χ0) is 42.5. The quantitative estimate of drug-likeness (QED) is 0.0672. The van der Waals surface area contributed by atoms with Gasteiger partial charge in [-0.15, -0.1) is 0 Å². The minimum Gasteiger partial charge on any atom is -0.495 e. The molecule has 0 atom stereocenters. The largest absolute Gasteiger partial charge is 0.495 e. The van der Waals surface area contributed by atoms with Crippen LogP contribution in [0, 0.1) is 5.41 Å². The Morgan fingerprint density at radius 1 is 0.793 bits per heavy atom. The number of sulfone groups is 1. The van der Waals surface area contributed by atoms with Gasteiger partial charge < -0.3 is 45.5 Å². The predicted molar refractivity (Wildman–Crippen MR) is 221 cm³/mol. The number of fused-ring (bicyclic) bond motifs is 1. The lowest BCUT2D eigenvalue weighted by Gasteiger charge is -2.27. The molecule has 0 aliphatic heterocycles. The normalized spacial score (nSPS) is 12.2. The number of hydrogen-bond acceptors (Lipinski definition) is 13. The average Bonchev–Trinajstić information content (AvgIpc) is 3.17. The van der Waals surface area contributed by atoms with Crippen molar-refractivity contribution in [2.75, 3.05) is 55.7 Å². The molecule has 2 amide bonds. The van der Waals surface area contributed by atoms with Gasteiger partial charge in [-0.05, 0) is 47.4 Å². The van der Waals surface area contributed by atoms with Gasteiger partial charge in [-0.3, -0.25) is 0 Å². The van der Waals surface area contributed by atoms with Crippen LogP contribution >= 0.6 is 0 Å². The topological polar surface area (TPSA) is 249 Å². The van der Waals surface area contributed by atoms with E-state index in [0.29, 0.717) is 45.0 Å². The number of aliphatic hydroxyl groups excluding tert-OH is 3. The number of benzene rings is 4. The molecular formula is C40H47N5O11S2. The van der Waals surface area contributed by atoms with Crippen LogP contribution in [0.2, 0.25) is 0 Å². The third kappa shape index (κ3) is 10.3. The summed E-state index contributed by atoms with van der Waals surface area (Å²) in [6.45, 7) is 3.65. The lowest BCUT2D eigenvalue weighted by atomic mass is 9.85. The van der Waals surface area contributed by atoms with E-state index < -0.39 is 68.0 Å². The number of hydrogen-bond donors (Lipinski definition) is 7. The Morgan fingerprint density at radius 2 is 1.47 bits per heavy atom. The molecule has 5 aromatic rings. The van der Waals surface area contributed by atoms with Crippen LogP contribution in [0.15, 0.2) is 90.0 Å². The Labute approximate surface area is 337 Å². The summed E-state index contributed by atoms with van der Waals surface area (Å²) in [5.74, 6) is 0.196.